The molecule has 1 saturated heterocycles. The van der Waals surface area contributed by atoms with E-state index in [9.17, 15) is 9.59 Å². The summed E-state index contributed by atoms with van der Waals surface area (Å²) in [7, 11) is 0. The predicted molar refractivity (Wildman–Crippen MR) is 60.5 cm³/mol. The van der Waals surface area contributed by atoms with E-state index in [1.807, 2.05) is 0 Å². The Morgan fingerprint density at radius 3 is 2.94 bits per heavy atom. The van der Waals surface area contributed by atoms with E-state index in [1.165, 1.54) is 6.07 Å². The summed E-state index contributed by atoms with van der Waals surface area (Å²) in [5.41, 5.74) is 0.695. The molecule has 1 aliphatic rings. The third-order valence-electron chi connectivity index (χ3n) is 2.24. The largest absolute Gasteiger partial charge is 0.462 e. The summed E-state index contributed by atoms with van der Waals surface area (Å²) in [5.74, 6) is -0.997. The highest BCUT2D eigenvalue weighted by atomic mass is 35.5. The molecule has 0 bridgehead atoms. The molecule has 0 unspecified atom stereocenters. The fourth-order valence-corrected chi connectivity index (χ4v) is 1.55. The number of hydrogen-bond acceptors (Lipinski definition) is 4. The number of rotatable bonds is 2. The molecule has 1 fully saturated rings. The van der Waals surface area contributed by atoms with Crippen molar-refractivity contribution in [2.24, 2.45) is 0 Å². The second-order valence-electron chi connectivity index (χ2n) is 3.44. The van der Waals surface area contributed by atoms with Gasteiger partial charge in [0.2, 0.25) is 0 Å². The maximum absolute atomic E-state index is 11.6. The highest BCUT2D eigenvalue weighted by Gasteiger charge is 2.19. The van der Waals surface area contributed by atoms with Gasteiger partial charge in [0, 0.05) is 11.4 Å². The lowest BCUT2D eigenvalue weighted by Crippen LogP contribution is -2.02. The monoisotopic (exact) mass is 252 g/mol. The van der Waals surface area contributed by atoms with Gasteiger partial charge in [-0.25, -0.2) is 9.59 Å². The first-order valence-corrected chi connectivity index (χ1v) is 5.37. The first-order valence-electron chi connectivity index (χ1n) is 4.99. The van der Waals surface area contributed by atoms with Crippen LogP contribution < -0.4 is 0 Å². The Hall–Kier alpha value is -1.81. The van der Waals surface area contributed by atoms with Crippen LogP contribution in [0.3, 0.4) is 0 Å². The van der Waals surface area contributed by atoms with Crippen LogP contribution in [-0.2, 0) is 14.3 Å². The van der Waals surface area contributed by atoms with Crippen LogP contribution in [0.25, 0.3) is 0 Å². The molecule has 1 aromatic rings. The lowest BCUT2D eigenvalue weighted by Gasteiger charge is -2.00. The maximum atomic E-state index is 11.6. The van der Waals surface area contributed by atoms with Crippen LogP contribution in [0.2, 0.25) is 5.02 Å². The number of esters is 2. The van der Waals surface area contributed by atoms with Crippen LogP contribution in [0.15, 0.2) is 36.1 Å². The lowest BCUT2D eigenvalue weighted by atomic mass is 10.2. The van der Waals surface area contributed by atoms with Gasteiger partial charge in [0.1, 0.15) is 6.26 Å². The Balaban J connectivity index is 2.05. The van der Waals surface area contributed by atoms with Crippen LogP contribution in [0, 0.1) is 0 Å². The van der Waals surface area contributed by atoms with Crippen molar-refractivity contribution in [3.05, 3.63) is 46.7 Å². The second kappa shape index (κ2) is 5.01. The van der Waals surface area contributed by atoms with Crippen molar-refractivity contribution in [3.63, 3.8) is 0 Å². The van der Waals surface area contributed by atoms with Gasteiger partial charge in [-0.1, -0.05) is 17.7 Å². The maximum Gasteiger partial charge on any atom is 0.343 e. The molecule has 0 atom stereocenters. The van der Waals surface area contributed by atoms with Crippen LogP contribution in [-0.4, -0.2) is 18.5 Å². The molecular formula is C12H9ClO4. The number of cyclic esters (lactones) is 1. The molecule has 0 aromatic heterocycles. The Bertz CT molecular complexity index is 493. The van der Waals surface area contributed by atoms with E-state index in [-0.39, 0.29) is 0 Å². The smallest absolute Gasteiger partial charge is 0.343 e. The van der Waals surface area contributed by atoms with E-state index in [2.05, 4.69) is 0 Å². The first kappa shape index (κ1) is 11.7. The van der Waals surface area contributed by atoms with E-state index in [0.29, 0.717) is 29.2 Å². The number of halogens is 1. The summed E-state index contributed by atoms with van der Waals surface area (Å²) in [6.07, 6.45) is 1.60. The summed E-state index contributed by atoms with van der Waals surface area (Å²) < 4.78 is 9.58. The molecule has 1 aliphatic heterocycles. The number of carbonyl (C=O) groups excluding carboxylic acids is 2. The van der Waals surface area contributed by atoms with E-state index in [1.54, 1.807) is 18.2 Å². The summed E-state index contributed by atoms with van der Waals surface area (Å²) >= 11 is 5.74. The highest BCUT2D eigenvalue weighted by Crippen LogP contribution is 2.15. The van der Waals surface area contributed by atoms with Crippen molar-refractivity contribution in [1.82, 2.24) is 0 Å². The normalized spacial score (nSPS) is 17.0. The highest BCUT2D eigenvalue weighted by molar-refractivity contribution is 6.30. The van der Waals surface area contributed by atoms with Gasteiger partial charge < -0.3 is 9.47 Å². The van der Waals surface area contributed by atoms with Gasteiger partial charge in [-0.15, -0.1) is 0 Å². The lowest BCUT2D eigenvalue weighted by molar-refractivity contribution is -0.135. The number of hydrogen-bond donors (Lipinski definition) is 0. The Kier molecular flexibility index (Phi) is 3.44. The minimum absolute atomic E-state index is 0.333. The van der Waals surface area contributed by atoms with Gasteiger partial charge in [-0.3, -0.25) is 0 Å². The van der Waals surface area contributed by atoms with Gasteiger partial charge in [-0.05, 0) is 18.2 Å². The van der Waals surface area contributed by atoms with Gasteiger partial charge >= 0.3 is 11.9 Å². The summed E-state index contributed by atoms with van der Waals surface area (Å²) in [6, 6.07) is 6.39. The average Bonchev–Trinajstić information content (AvgIpc) is 2.72. The zero-order valence-corrected chi connectivity index (χ0v) is 9.57. The molecule has 0 spiro atoms. The molecule has 0 aliphatic carbocycles. The summed E-state index contributed by atoms with van der Waals surface area (Å²) in [6.45, 7) is 0.333. The van der Waals surface area contributed by atoms with Gasteiger partial charge in [0.05, 0.1) is 17.7 Å². The molecule has 1 heterocycles. The van der Waals surface area contributed by atoms with E-state index >= 15 is 0 Å². The fraction of sp³-hybridized carbons (Fsp3) is 0.167. The Morgan fingerprint density at radius 2 is 2.29 bits per heavy atom. The molecule has 4 nitrogen and oxygen atoms in total. The van der Waals surface area contributed by atoms with E-state index in [4.69, 9.17) is 21.1 Å². The van der Waals surface area contributed by atoms with Crippen LogP contribution in [0.4, 0.5) is 0 Å². The Morgan fingerprint density at radius 1 is 1.47 bits per heavy atom. The number of benzene rings is 1. The van der Waals surface area contributed by atoms with Crippen molar-refractivity contribution >= 4 is 23.5 Å². The average molecular weight is 253 g/mol. The standard InChI is InChI=1S/C12H9ClO4/c13-10-3-1-2-8(6-10)11(14)17-7-9-4-5-16-12(9)15/h1-3,6-7H,4-5H2/b9-7+. The molecule has 88 valence electrons. The van der Waals surface area contributed by atoms with Crippen LogP contribution in [0.1, 0.15) is 16.8 Å². The zero-order valence-electron chi connectivity index (χ0n) is 8.81. The van der Waals surface area contributed by atoms with E-state index in [0.717, 1.165) is 6.26 Å². The molecule has 1 aromatic carbocycles. The molecule has 2 rings (SSSR count). The van der Waals surface area contributed by atoms with Crippen molar-refractivity contribution in [2.45, 2.75) is 6.42 Å². The topological polar surface area (TPSA) is 52.6 Å². The third kappa shape index (κ3) is 2.85. The fourth-order valence-electron chi connectivity index (χ4n) is 1.36. The summed E-state index contributed by atoms with van der Waals surface area (Å²) in [4.78, 5) is 22.7. The predicted octanol–water partition coefficient (Wildman–Crippen LogP) is 2.33. The van der Waals surface area contributed by atoms with Gasteiger partial charge in [-0.2, -0.15) is 0 Å². The summed E-state index contributed by atoms with van der Waals surface area (Å²) in [5, 5.41) is 0.451. The number of ether oxygens (including phenoxy) is 2. The minimum Gasteiger partial charge on any atom is -0.462 e. The van der Waals surface area contributed by atoms with Crippen LogP contribution in [0.5, 0.6) is 0 Å². The van der Waals surface area contributed by atoms with E-state index < -0.39 is 11.9 Å². The van der Waals surface area contributed by atoms with Gasteiger partial charge in [0.15, 0.2) is 0 Å². The zero-order chi connectivity index (χ0) is 12.3. The molecular weight excluding hydrogens is 244 g/mol. The van der Waals surface area contributed by atoms with Crippen molar-refractivity contribution in [2.75, 3.05) is 6.61 Å². The Labute approximate surface area is 103 Å². The van der Waals surface area contributed by atoms with Gasteiger partial charge in [0.25, 0.3) is 0 Å². The van der Waals surface area contributed by atoms with Crippen LogP contribution >= 0.6 is 11.6 Å². The molecule has 0 N–H and O–H groups in total. The quantitative estimate of drug-likeness (QED) is 0.461. The minimum atomic E-state index is -0.556. The SMILES string of the molecule is O=C1OCC/C1=C\OC(=O)c1cccc(Cl)c1. The third-order valence-corrected chi connectivity index (χ3v) is 2.47. The molecule has 0 amide bonds. The molecule has 0 radical (unpaired) electrons. The first-order chi connectivity index (χ1) is 8.16. The van der Waals surface area contributed by atoms with Crippen molar-refractivity contribution < 1.29 is 19.1 Å². The molecule has 17 heavy (non-hydrogen) atoms. The van der Waals surface area contributed by atoms with Crippen molar-refractivity contribution in [1.29, 1.82) is 0 Å². The molecule has 5 heteroatoms. The molecule has 0 saturated carbocycles. The second-order valence-corrected chi connectivity index (χ2v) is 3.88. The van der Waals surface area contributed by atoms with Crippen molar-refractivity contribution in [3.8, 4) is 0 Å². The number of carbonyl (C=O) groups is 2.